The van der Waals surface area contributed by atoms with Crippen molar-refractivity contribution in [3.63, 3.8) is 0 Å². The third kappa shape index (κ3) is 1.81. The Morgan fingerprint density at radius 3 is 3.00 bits per heavy atom. The van der Waals surface area contributed by atoms with Gasteiger partial charge in [0.25, 0.3) is 0 Å². The summed E-state index contributed by atoms with van der Waals surface area (Å²) in [5.74, 6) is 0. The number of hydrogen-bond acceptors (Lipinski definition) is 2. The van der Waals surface area contributed by atoms with Gasteiger partial charge in [0.05, 0.1) is 0 Å². The van der Waals surface area contributed by atoms with E-state index >= 15 is 0 Å². The zero-order valence-electron chi connectivity index (χ0n) is 8.63. The fourth-order valence-electron chi connectivity index (χ4n) is 1.71. The van der Waals surface area contributed by atoms with Crippen molar-refractivity contribution < 1.29 is 0 Å². The van der Waals surface area contributed by atoms with E-state index in [0.717, 1.165) is 13.0 Å². The van der Waals surface area contributed by atoms with Crippen LogP contribution in [0.4, 0.5) is 0 Å². The Labute approximate surface area is 88.8 Å². The molecule has 1 aromatic carbocycles. The Morgan fingerprint density at radius 1 is 1.36 bits per heavy atom. The summed E-state index contributed by atoms with van der Waals surface area (Å²) in [5.41, 5.74) is 1.47. The molecule has 0 saturated heterocycles. The summed E-state index contributed by atoms with van der Waals surface area (Å²) in [4.78, 5) is 1.40. The molecular formula is C12H15NS. The summed E-state index contributed by atoms with van der Waals surface area (Å²) in [6, 6.07) is 8.85. The van der Waals surface area contributed by atoms with E-state index < -0.39 is 0 Å². The molecule has 1 nitrogen and oxygen atoms in total. The summed E-state index contributed by atoms with van der Waals surface area (Å²) in [6.45, 7) is 3.22. The zero-order chi connectivity index (χ0) is 9.97. The van der Waals surface area contributed by atoms with Gasteiger partial charge < -0.3 is 5.32 Å². The van der Waals surface area contributed by atoms with E-state index in [0.29, 0.717) is 0 Å². The monoisotopic (exact) mass is 205 g/mol. The number of hydrogen-bond donors (Lipinski definition) is 1. The first-order valence-corrected chi connectivity index (χ1v) is 5.75. The molecule has 0 unspecified atom stereocenters. The zero-order valence-corrected chi connectivity index (χ0v) is 9.45. The first kappa shape index (κ1) is 9.69. The Kier molecular flexibility index (Phi) is 2.85. The largest absolute Gasteiger partial charge is 0.319 e. The lowest BCUT2D eigenvalue weighted by atomic mass is 10.1. The fraction of sp³-hybridized carbons (Fsp3) is 0.333. The van der Waals surface area contributed by atoms with E-state index in [-0.39, 0.29) is 0 Å². The highest BCUT2D eigenvalue weighted by Crippen LogP contribution is 2.28. The molecule has 1 N–H and O–H groups in total. The van der Waals surface area contributed by atoms with Crippen molar-refractivity contribution in [2.24, 2.45) is 0 Å². The van der Waals surface area contributed by atoms with Crippen LogP contribution in [0.25, 0.3) is 10.1 Å². The molecule has 2 heteroatoms. The van der Waals surface area contributed by atoms with Gasteiger partial charge in [-0.05, 0) is 44.0 Å². The van der Waals surface area contributed by atoms with Gasteiger partial charge in [-0.1, -0.05) is 18.2 Å². The molecule has 1 heterocycles. The van der Waals surface area contributed by atoms with Crippen molar-refractivity contribution in [3.05, 3.63) is 34.7 Å². The van der Waals surface area contributed by atoms with Crippen molar-refractivity contribution >= 4 is 21.4 Å². The average Bonchev–Trinajstić information content (AvgIpc) is 2.55. The third-order valence-corrected chi connectivity index (χ3v) is 3.54. The Balaban J connectivity index is 2.42. The molecule has 2 rings (SSSR count). The highest BCUT2D eigenvalue weighted by atomic mass is 32.1. The van der Waals surface area contributed by atoms with Crippen molar-refractivity contribution in [2.75, 3.05) is 13.6 Å². The molecule has 0 radical (unpaired) electrons. The third-order valence-electron chi connectivity index (χ3n) is 2.39. The molecule has 0 spiro atoms. The second-order valence-corrected chi connectivity index (χ2v) is 4.80. The summed E-state index contributed by atoms with van der Waals surface area (Å²) in [6.07, 6.45) is 1.12. The molecule has 0 amide bonds. The lowest BCUT2D eigenvalue weighted by molar-refractivity contribution is 0.795. The minimum atomic E-state index is 1.05. The van der Waals surface area contributed by atoms with E-state index in [1.807, 2.05) is 18.4 Å². The predicted octanol–water partition coefficient (Wildman–Crippen LogP) is 2.97. The van der Waals surface area contributed by atoms with Gasteiger partial charge in [0.1, 0.15) is 0 Å². The van der Waals surface area contributed by atoms with Gasteiger partial charge >= 0.3 is 0 Å². The predicted molar refractivity (Wildman–Crippen MR) is 64.2 cm³/mol. The SMILES string of the molecule is CNCCc1cccc2cc(C)sc12. The average molecular weight is 205 g/mol. The van der Waals surface area contributed by atoms with Gasteiger partial charge in [-0.15, -0.1) is 11.3 Å². The highest BCUT2D eigenvalue weighted by molar-refractivity contribution is 7.19. The lowest BCUT2D eigenvalue weighted by Gasteiger charge is -2.01. The maximum absolute atomic E-state index is 3.19. The van der Waals surface area contributed by atoms with Gasteiger partial charge in [0, 0.05) is 9.58 Å². The van der Waals surface area contributed by atoms with Crippen LogP contribution in [0.1, 0.15) is 10.4 Å². The van der Waals surface area contributed by atoms with Crippen LogP contribution in [0.15, 0.2) is 24.3 Å². The quantitative estimate of drug-likeness (QED) is 0.812. The van der Waals surface area contributed by atoms with Gasteiger partial charge in [-0.3, -0.25) is 0 Å². The number of fused-ring (bicyclic) bond motifs is 1. The second-order valence-electron chi connectivity index (χ2n) is 3.55. The molecule has 0 atom stereocenters. The number of rotatable bonds is 3. The molecule has 0 aliphatic carbocycles. The Hall–Kier alpha value is -0.860. The van der Waals surface area contributed by atoms with Gasteiger partial charge in [0.2, 0.25) is 0 Å². The van der Waals surface area contributed by atoms with Crippen LogP contribution < -0.4 is 5.32 Å². The van der Waals surface area contributed by atoms with E-state index in [1.54, 1.807) is 0 Å². The Bertz CT molecular complexity index is 431. The normalized spacial score (nSPS) is 11.0. The molecule has 0 bridgehead atoms. The van der Waals surface area contributed by atoms with Gasteiger partial charge in [0.15, 0.2) is 0 Å². The van der Waals surface area contributed by atoms with Crippen LogP contribution in [-0.2, 0) is 6.42 Å². The number of aryl methyl sites for hydroxylation is 1. The van der Waals surface area contributed by atoms with Crippen LogP contribution >= 0.6 is 11.3 Å². The molecule has 0 saturated carbocycles. The first-order valence-electron chi connectivity index (χ1n) is 4.94. The van der Waals surface area contributed by atoms with E-state index in [1.165, 1.54) is 20.5 Å². The first-order chi connectivity index (χ1) is 6.81. The lowest BCUT2D eigenvalue weighted by Crippen LogP contribution is -2.10. The molecule has 74 valence electrons. The summed E-state index contributed by atoms with van der Waals surface area (Å²) in [7, 11) is 2.00. The topological polar surface area (TPSA) is 12.0 Å². The minimum absolute atomic E-state index is 1.05. The van der Waals surface area contributed by atoms with Crippen molar-refractivity contribution in [3.8, 4) is 0 Å². The number of likely N-dealkylation sites (N-methyl/N-ethyl adjacent to an activating group) is 1. The maximum atomic E-state index is 3.19. The number of thiophene rings is 1. The summed E-state index contributed by atoms with van der Waals surface area (Å²) in [5, 5.41) is 4.58. The highest BCUT2D eigenvalue weighted by Gasteiger charge is 2.03. The number of nitrogens with one attached hydrogen (secondary N) is 1. The summed E-state index contributed by atoms with van der Waals surface area (Å²) >= 11 is 1.90. The molecular weight excluding hydrogens is 190 g/mol. The standard InChI is InChI=1S/C12H15NS/c1-9-8-11-5-3-4-10(6-7-13-2)12(11)14-9/h3-5,8,13H,6-7H2,1-2H3. The smallest absolute Gasteiger partial charge is 0.0378 e. The van der Waals surface area contributed by atoms with Crippen molar-refractivity contribution in [2.45, 2.75) is 13.3 Å². The van der Waals surface area contributed by atoms with E-state index in [9.17, 15) is 0 Å². The van der Waals surface area contributed by atoms with E-state index in [2.05, 4.69) is 36.5 Å². The molecule has 0 aliphatic heterocycles. The minimum Gasteiger partial charge on any atom is -0.319 e. The van der Waals surface area contributed by atoms with Gasteiger partial charge in [-0.25, -0.2) is 0 Å². The molecule has 2 aromatic rings. The molecule has 0 fully saturated rings. The molecule has 1 aromatic heterocycles. The number of benzene rings is 1. The van der Waals surface area contributed by atoms with Crippen molar-refractivity contribution in [1.82, 2.24) is 5.32 Å². The van der Waals surface area contributed by atoms with Crippen LogP contribution in [0.2, 0.25) is 0 Å². The van der Waals surface area contributed by atoms with E-state index in [4.69, 9.17) is 0 Å². The van der Waals surface area contributed by atoms with Crippen LogP contribution in [-0.4, -0.2) is 13.6 Å². The van der Waals surface area contributed by atoms with Crippen molar-refractivity contribution in [1.29, 1.82) is 0 Å². The molecule has 14 heavy (non-hydrogen) atoms. The molecule has 0 aliphatic rings. The summed E-state index contributed by atoms with van der Waals surface area (Å²) < 4.78 is 1.46. The van der Waals surface area contributed by atoms with Crippen LogP contribution in [0, 0.1) is 6.92 Å². The van der Waals surface area contributed by atoms with Gasteiger partial charge in [-0.2, -0.15) is 0 Å². The van der Waals surface area contributed by atoms with Crippen LogP contribution in [0.3, 0.4) is 0 Å². The second kappa shape index (κ2) is 4.11. The van der Waals surface area contributed by atoms with Crippen LogP contribution in [0.5, 0.6) is 0 Å². The maximum Gasteiger partial charge on any atom is 0.0378 e. The fourth-order valence-corrected chi connectivity index (χ4v) is 2.76. The Morgan fingerprint density at radius 2 is 2.21 bits per heavy atom.